The van der Waals surface area contributed by atoms with E-state index in [-0.39, 0.29) is 0 Å². The molecule has 0 amide bonds. The fourth-order valence-corrected chi connectivity index (χ4v) is 1.45. The van der Waals surface area contributed by atoms with Crippen LogP contribution in [0.15, 0.2) is 18.3 Å². The molecule has 1 atom stereocenters. The molecule has 0 fully saturated rings. The van der Waals surface area contributed by atoms with Gasteiger partial charge in [0.25, 0.3) is 0 Å². The first-order valence-corrected chi connectivity index (χ1v) is 5.33. The average molecular weight is 272 g/mol. The third-order valence-electron chi connectivity index (χ3n) is 1.71. The predicted molar refractivity (Wildman–Crippen MR) is 57.9 cm³/mol. The van der Waals surface area contributed by atoms with E-state index in [0.29, 0.717) is 24.2 Å². The lowest BCUT2D eigenvalue weighted by Gasteiger charge is -2.07. The SMILES string of the molecule is CCOC(=O)c1cccnc1C(Br)C=O. The largest absolute Gasteiger partial charge is 0.462 e. The molecular formula is C10H10BrNO3. The van der Waals surface area contributed by atoms with Crippen molar-refractivity contribution in [3.8, 4) is 0 Å². The number of hydrogen-bond acceptors (Lipinski definition) is 4. The lowest BCUT2D eigenvalue weighted by atomic mass is 10.1. The summed E-state index contributed by atoms with van der Waals surface area (Å²) >= 11 is 3.12. The number of nitrogens with zero attached hydrogens (tertiary/aromatic N) is 1. The summed E-state index contributed by atoms with van der Waals surface area (Å²) in [7, 11) is 0. The van der Waals surface area contributed by atoms with Crippen LogP contribution in [0.2, 0.25) is 0 Å². The van der Waals surface area contributed by atoms with Crippen LogP contribution in [0.3, 0.4) is 0 Å². The average Bonchev–Trinajstić information content (AvgIpc) is 2.28. The number of ether oxygens (including phenoxy) is 1. The monoisotopic (exact) mass is 271 g/mol. The van der Waals surface area contributed by atoms with Crippen molar-refractivity contribution in [2.75, 3.05) is 6.61 Å². The van der Waals surface area contributed by atoms with Gasteiger partial charge in [-0.1, -0.05) is 15.9 Å². The summed E-state index contributed by atoms with van der Waals surface area (Å²) in [6, 6.07) is 3.21. The van der Waals surface area contributed by atoms with Crippen molar-refractivity contribution in [3.63, 3.8) is 0 Å². The topological polar surface area (TPSA) is 56.3 Å². The van der Waals surface area contributed by atoms with E-state index in [1.165, 1.54) is 6.20 Å². The Labute approximate surface area is 95.8 Å². The Balaban J connectivity index is 3.05. The predicted octanol–water partition coefficient (Wildman–Crippen LogP) is 1.89. The molecule has 0 bridgehead atoms. The fraction of sp³-hybridized carbons (Fsp3) is 0.300. The van der Waals surface area contributed by atoms with Crippen LogP contribution in [0.5, 0.6) is 0 Å². The van der Waals surface area contributed by atoms with Crippen LogP contribution in [-0.2, 0) is 9.53 Å². The summed E-state index contributed by atoms with van der Waals surface area (Å²) in [5.41, 5.74) is 0.694. The maximum atomic E-state index is 11.5. The number of aldehydes is 1. The Morgan fingerprint density at radius 1 is 1.73 bits per heavy atom. The number of aromatic nitrogens is 1. The van der Waals surface area contributed by atoms with Crippen LogP contribution in [-0.4, -0.2) is 23.8 Å². The van der Waals surface area contributed by atoms with Crippen molar-refractivity contribution in [2.24, 2.45) is 0 Å². The third kappa shape index (κ3) is 2.86. The minimum absolute atomic E-state index is 0.293. The van der Waals surface area contributed by atoms with Crippen molar-refractivity contribution in [2.45, 2.75) is 11.8 Å². The van der Waals surface area contributed by atoms with Gasteiger partial charge in [-0.25, -0.2) is 4.79 Å². The van der Waals surface area contributed by atoms with E-state index in [4.69, 9.17) is 4.74 Å². The van der Waals surface area contributed by atoms with E-state index >= 15 is 0 Å². The molecule has 0 spiro atoms. The first-order chi connectivity index (χ1) is 7.20. The summed E-state index contributed by atoms with van der Waals surface area (Å²) < 4.78 is 4.85. The van der Waals surface area contributed by atoms with Crippen LogP contribution in [0.25, 0.3) is 0 Å². The highest BCUT2D eigenvalue weighted by atomic mass is 79.9. The molecule has 15 heavy (non-hydrogen) atoms. The Morgan fingerprint density at radius 2 is 2.47 bits per heavy atom. The first-order valence-electron chi connectivity index (χ1n) is 4.42. The molecule has 0 saturated carbocycles. The summed E-state index contributed by atoms with van der Waals surface area (Å²) in [4.78, 5) is 25.5. The van der Waals surface area contributed by atoms with Gasteiger partial charge in [0.1, 0.15) is 11.1 Å². The maximum absolute atomic E-state index is 11.5. The highest BCUT2D eigenvalue weighted by molar-refractivity contribution is 9.09. The molecule has 0 radical (unpaired) electrons. The molecule has 0 aliphatic rings. The summed E-state index contributed by atoms with van der Waals surface area (Å²) in [5.74, 6) is -0.466. The molecule has 5 heteroatoms. The number of halogens is 1. The van der Waals surface area contributed by atoms with E-state index < -0.39 is 10.8 Å². The zero-order valence-corrected chi connectivity index (χ0v) is 9.73. The van der Waals surface area contributed by atoms with Crippen molar-refractivity contribution >= 4 is 28.2 Å². The van der Waals surface area contributed by atoms with Gasteiger partial charge in [-0.2, -0.15) is 0 Å². The van der Waals surface area contributed by atoms with Gasteiger partial charge in [-0.15, -0.1) is 0 Å². The second-order valence-electron chi connectivity index (χ2n) is 2.69. The molecule has 80 valence electrons. The molecular weight excluding hydrogens is 262 g/mol. The third-order valence-corrected chi connectivity index (χ3v) is 2.36. The normalized spacial score (nSPS) is 11.9. The molecule has 1 unspecified atom stereocenters. The minimum Gasteiger partial charge on any atom is -0.462 e. The number of carbonyl (C=O) groups excluding carboxylic acids is 2. The number of alkyl halides is 1. The molecule has 1 aromatic heterocycles. The van der Waals surface area contributed by atoms with Crippen molar-refractivity contribution in [1.29, 1.82) is 0 Å². The molecule has 1 heterocycles. The maximum Gasteiger partial charge on any atom is 0.340 e. The summed E-state index contributed by atoms with van der Waals surface area (Å²) in [6.45, 7) is 2.01. The molecule has 1 aromatic rings. The van der Waals surface area contributed by atoms with Crippen LogP contribution >= 0.6 is 15.9 Å². The van der Waals surface area contributed by atoms with Crippen LogP contribution in [0, 0.1) is 0 Å². The summed E-state index contributed by atoms with van der Waals surface area (Å²) in [6.07, 6.45) is 2.20. The van der Waals surface area contributed by atoms with E-state index in [1.54, 1.807) is 19.1 Å². The zero-order chi connectivity index (χ0) is 11.3. The standard InChI is InChI=1S/C10H10BrNO3/c1-2-15-10(14)7-4-3-5-12-9(7)8(11)6-13/h3-6,8H,2H2,1H3. The number of carbonyl (C=O) groups is 2. The Morgan fingerprint density at radius 3 is 3.07 bits per heavy atom. The number of rotatable bonds is 4. The van der Waals surface area contributed by atoms with Gasteiger partial charge in [-0.05, 0) is 19.1 Å². The van der Waals surface area contributed by atoms with Gasteiger partial charge < -0.3 is 9.53 Å². The lowest BCUT2D eigenvalue weighted by molar-refractivity contribution is -0.107. The van der Waals surface area contributed by atoms with E-state index in [1.807, 2.05) is 0 Å². The van der Waals surface area contributed by atoms with Crippen molar-refractivity contribution < 1.29 is 14.3 Å². The number of hydrogen-bond donors (Lipinski definition) is 0. The number of pyridine rings is 1. The van der Waals surface area contributed by atoms with E-state index in [0.717, 1.165) is 0 Å². The molecule has 0 aliphatic heterocycles. The quantitative estimate of drug-likeness (QED) is 0.477. The van der Waals surface area contributed by atoms with Crippen LogP contribution in [0.1, 0.15) is 27.8 Å². The fourth-order valence-electron chi connectivity index (χ4n) is 1.08. The molecule has 1 rings (SSSR count). The smallest absolute Gasteiger partial charge is 0.340 e. The van der Waals surface area contributed by atoms with E-state index in [2.05, 4.69) is 20.9 Å². The minimum atomic E-state index is -0.585. The summed E-state index contributed by atoms with van der Waals surface area (Å²) in [5, 5.41) is 0. The van der Waals surface area contributed by atoms with Crippen molar-refractivity contribution in [1.82, 2.24) is 4.98 Å². The molecule has 0 N–H and O–H groups in total. The lowest BCUT2D eigenvalue weighted by Crippen LogP contribution is -2.10. The highest BCUT2D eigenvalue weighted by Gasteiger charge is 2.18. The molecule has 4 nitrogen and oxygen atoms in total. The van der Waals surface area contributed by atoms with Gasteiger partial charge in [0.15, 0.2) is 0 Å². The Bertz CT molecular complexity index is 367. The molecule has 0 saturated heterocycles. The van der Waals surface area contributed by atoms with Crippen LogP contribution < -0.4 is 0 Å². The van der Waals surface area contributed by atoms with Gasteiger partial charge in [-0.3, -0.25) is 4.98 Å². The number of esters is 1. The van der Waals surface area contributed by atoms with Gasteiger partial charge in [0, 0.05) is 6.20 Å². The second kappa shape index (κ2) is 5.60. The molecule has 0 aliphatic carbocycles. The van der Waals surface area contributed by atoms with Gasteiger partial charge in [0.05, 0.1) is 17.9 Å². The second-order valence-corrected chi connectivity index (χ2v) is 3.68. The van der Waals surface area contributed by atoms with Gasteiger partial charge >= 0.3 is 5.97 Å². The molecule has 0 aromatic carbocycles. The zero-order valence-electron chi connectivity index (χ0n) is 8.14. The van der Waals surface area contributed by atoms with Crippen LogP contribution in [0.4, 0.5) is 0 Å². The van der Waals surface area contributed by atoms with Crippen molar-refractivity contribution in [3.05, 3.63) is 29.6 Å². The first kappa shape index (κ1) is 11.8. The highest BCUT2D eigenvalue weighted by Crippen LogP contribution is 2.21. The Hall–Kier alpha value is -1.23. The van der Waals surface area contributed by atoms with Gasteiger partial charge in [0.2, 0.25) is 0 Å². The Kier molecular flexibility index (Phi) is 4.42. The van der Waals surface area contributed by atoms with E-state index in [9.17, 15) is 9.59 Å².